The van der Waals surface area contributed by atoms with Gasteiger partial charge in [0.2, 0.25) is 0 Å². The average molecular weight is 366 g/mol. The number of hydrogen-bond donors (Lipinski definition) is 1. The number of anilines is 1. The number of aliphatic hydroxyl groups excluding tert-OH is 1. The van der Waals surface area contributed by atoms with Gasteiger partial charge < -0.3 is 10.0 Å². The molecule has 5 nitrogen and oxygen atoms in total. The second kappa shape index (κ2) is 7.95. The highest BCUT2D eigenvalue weighted by atomic mass is 32.1. The van der Waals surface area contributed by atoms with Gasteiger partial charge in [-0.05, 0) is 23.8 Å². The molecule has 0 bridgehead atoms. The molecule has 1 fully saturated rings. The van der Waals surface area contributed by atoms with Crippen molar-refractivity contribution in [2.24, 2.45) is 0 Å². The molecule has 4 rings (SSSR count). The summed E-state index contributed by atoms with van der Waals surface area (Å²) < 4.78 is 0. The molecule has 1 aliphatic rings. The number of piperazine rings is 1. The molecular formula is C20H22N4OS. The number of thiazole rings is 1. The third kappa shape index (κ3) is 3.77. The van der Waals surface area contributed by atoms with Gasteiger partial charge in [-0.25, -0.2) is 4.98 Å². The van der Waals surface area contributed by atoms with Gasteiger partial charge in [0.1, 0.15) is 11.1 Å². The van der Waals surface area contributed by atoms with Crippen molar-refractivity contribution in [2.75, 3.05) is 31.1 Å². The van der Waals surface area contributed by atoms with E-state index in [-0.39, 0.29) is 0 Å². The van der Waals surface area contributed by atoms with E-state index in [4.69, 9.17) is 0 Å². The molecule has 2 aromatic heterocycles. The van der Waals surface area contributed by atoms with E-state index in [1.165, 1.54) is 16.9 Å². The Bertz CT molecular complexity index is 817. The molecule has 0 saturated carbocycles. The van der Waals surface area contributed by atoms with Crippen LogP contribution in [0.1, 0.15) is 22.2 Å². The number of aromatic nitrogens is 2. The summed E-state index contributed by atoms with van der Waals surface area (Å²) in [5, 5.41) is 13.4. The highest BCUT2D eigenvalue weighted by Gasteiger charge is 2.23. The Morgan fingerprint density at radius 2 is 1.77 bits per heavy atom. The van der Waals surface area contributed by atoms with Gasteiger partial charge in [0.15, 0.2) is 0 Å². The van der Waals surface area contributed by atoms with Gasteiger partial charge in [-0.3, -0.25) is 9.88 Å². The molecule has 1 aliphatic heterocycles. The van der Waals surface area contributed by atoms with Gasteiger partial charge >= 0.3 is 0 Å². The smallest absolute Gasteiger partial charge is 0.132 e. The SMILES string of the molecule is OC(c1nccs1)c1ccccc1N1CCN(Cc2ccncc2)CC1. The minimum Gasteiger partial charge on any atom is -0.381 e. The van der Waals surface area contributed by atoms with Crippen LogP contribution in [0.5, 0.6) is 0 Å². The Morgan fingerprint density at radius 1 is 1.00 bits per heavy atom. The molecule has 26 heavy (non-hydrogen) atoms. The van der Waals surface area contributed by atoms with Crippen molar-refractivity contribution in [3.8, 4) is 0 Å². The van der Waals surface area contributed by atoms with Crippen LogP contribution in [0.15, 0.2) is 60.4 Å². The Labute approximate surface area is 157 Å². The van der Waals surface area contributed by atoms with Gasteiger partial charge in [-0.15, -0.1) is 11.3 Å². The van der Waals surface area contributed by atoms with E-state index in [2.05, 4.69) is 38.0 Å². The summed E-state index contributed by atoms with van der Waals surface area (Å²) >= 11 is 1.49. The van der Waals surface area contributed by atoms with E-state index in [9.17, 15) is 5.11 Å². The minimum atomic E-state index is -0.666. The lowest BCUT2D eigenvalue weighted by atomic mass is 10.1. The van der Waals surface area contributed by atoms with Crippen LogP contribution in [0.3, 0.4) is 0 Å². The molecule has 0 radical (unpaired) electrons. The summed E-state index contributed by atoms with van der Waals surface area (Å²) in [6.45, 7) is 4.87. The maximum atomic E-state index is 10.7. The number of rotatable bonds is 5. The number of benzene rings is 1. The predicted molar refractivity (Wildman–Crippen MR) is 104 cm³/mol. The quantitative estimate of drug-likeness (QED) is 0.752. The van der Waals surface area contributed by atoms with Gasteiger partial charge in [-0.1, -0.05) is 18.2 Å². The van der Waals surface area contributed by atoms with Crippen LogP contribution < -0.4 is 4.90 Å². The van der Waals surface area contributed by atoms with Crippen molar-refractivity contribution in [1.82, 2.24) is 14.9 Å². The minimum absolute atomic E-state index is 0.666. The Hall–Kier alpha value is -2.28. The third-order valence-corrected chi connectivity index (χ3v) is 5.61. The molecule has 134 valence electrons. The third-order valence-electron chi connectivity index (χ3n) is 4.79. The average Bonchev–Trinajstić information content (AvgIpc) is 3.24. The van der Waals surface area contributed by atoms with Gasteiger partial charge in [0.25, 0.3) is 0 Å². The summed E-state index contributed by atoms with van der Waals surface area (Å²) in [7, 11) is 0. The van der Waals surface area contributed by atoms with Crippen molar-refractivity contribution in [2.45, 2.75) is 12.6 Å². The van der Waals surface area contributed by atoms with E-state index >= 15 is 0 Å². The van der Waals surface area contributed by atoms with Crippen LogP contribution in [0, 0.1) is 0 Å². The molecule has 0 spiro atoms. The molecule has 0 amide bonds. The maximum absolute atomic E-state index is 10.7. The van der Waals surface area contributed by atoms with E-state index in [0.717, 1.165) is 49.0 Å². The number of para-hydroxylation sites is 1. The first-order chi connectivity index (χ1) is 12.8. The standard InChI is InChI=1S/C20H22N4OS/c25-19(20-22-9-14-26-20)17-3-1-2-4-18(17)24-12-10-23(11-13-24)15-16-5-7-21-8-6-16/h1-9,14,19,25H,10-13,15H2. The fraction of sp³-hybridized carbons (Fsp3) is 0.300. The van der Waals surface area contributed by atoms with Crippen molar-refractivity contribution in [3.05, 3.63) is 76.5 Å². The number of nitrogens with zero attached hydrogens (tertiary/aromatic N) is 4. The fourth-order valence-electron chi connectivity index (χ4n) is 3.40. The van der Waals surface area contributed by atoms with E-state index < -0.39 is 6.10 Å². The lowest BCUT2D eigenvalue weighted by Crippen LogP contribution is -2.46. The molecule has 3 heterocycles. The van der Waals surface area contributed by atoms with Crippen molar-refractivity contribution in [1.29, 1.82) is 0 Å². The first-order valence-corrected chi connectivity index (χ1v) is 9.72. The molecule has 0 aliphatic carbocycles. The van der Waals surface area contributed by atoms with E-state index in [0.29, 0.717) is 0 Å². The topological polar surface area (TPSA) is 52.5 Å². The Kier molecular flexibility index (Phi) is 5.24. The second-order valence-corrected chi connectivity index (χ2v) is 7.38. The summed E-state index contributed by atoms with van der Waals surface area (Å²) in [5.41, 5.74) is 3.34. The van der Waals surface area contributed by atoms with Crippen LogP contribution >= 0.6 is 11.3 Å². The monoisotopic (exact) mass is 366 g/mol. The molecule has 6 heteroatoms. The van der Waals surface area contributed by atoms with Gasteiger partial charge in [-0.2, -0.15) is 0 Å². The van der Waals surface area contributed by atoms with Crippen LogP contribution in [0.4, 0.5) is 5.69 Å². The number of aliphatic hydroxyl groups is 1. The second-order valence-electron chi connectivity index (χ2n) is 6.45. The lowest BCUT2D eigenvalue weighted by molar-refractivity contribution is 0.218. The van der Waals surface area contributed by atoms with Crippen LogP contribution in [-0.4, -0.2) is 46.2 Å². The Balaban J connectivity index is 1.45. The van der Waals surface area contributed by atoms with E-state index in [1.54, 1.807) is 6.20 Å². The molecular weight excluding hydrogens is 344 g/mol. The van der Waals surface area contributed by atoms with Crippen LogP contribution in [0.2, 0.25) is 0 Å². The van der Waals surface area contributed by atoms with Crippen molar-refractivity contribution in [3.63, 3.8) is 0 Å². The number of pyridine rings is 1. The molecule has 1 atom stereocenters. The molecule has 3 aromatic rings. The first kappa shape index (κ1) is 17.1. The fourth-order valence-corrected chi connectivity index (χ4v) is 4.04. The predicted octanol–water partition coefficient (Wildman–Crippen LogP) is 2.94. The molecule has 1 aromatic carbocycles. The van der Waals surface area contributed by atoms with Crippen molar-refractivity contribution < 1.29 is 5.11 Å². The summed E-state index contributed by atoms with van der Waals surface area (Å²) in [5.74, 6) is 0. The summed E-state index contributed by atoms with van der Waals surface area (Å²) in [4.78, 5) is 13.2. The molecule has 1 saturated heterocycles. The lowest BCUT2D eigenvalue weighted by Gasteiger charge is -2.37. The van der Waals surface area contributed by atoms with Crippen LogP contribution in [-0.2, 0) is 6.54 Å². The highest BCUT2D eigenvalue weighted by molar-refractivity contribution is 7.09. The zero-order valence-electron chi connectivity index (χ0n) is 14.5. The summed E-state index contributed by atoms with van der Waals surface area (Å²) in [6, 6.07) is 12.3. The Morgan fingerprint density at radius 3 is 2.50 bits per heavy atom. The maximum Gasteiger partial charge on any atom is 0.132 e. The van der Waals surface area contributed by atoms with Gasteiger partial charge in [0.05, 0.1) is 0 Å². The first-order valence-electron chi connectivity index (χ1n) is 8.84. The highest BCUT2D eigenvalue weighted by Crippen LogP contribution is 2.32. The van der Waals surface area contributed by atoms with Crippen LogP contribution in [0.25, 0.3) is 0 Å². The zero-order chi connectivity index (χ0) is 17.8. The largest absolute Gasteiger partial charge is 0.381 e. The van der Waals surface area contributed by atoms with Gasteiger partial charge in [0, 0.05) is 67.9 Å². The number of hydrogen-bond acceptors (Lipinski definition) is 6. The molecule has 1 N–H and O–H groups in total. The summed E-state index contributed by atoms with van der Waals surface area (Å²) in [6.07, 6.45) is 4.77. The van der Waals surface area contributed by atoms with Crippen molar-refractivity contribution >= 4 is 17.0 Å². The zero-order valence-corrected chi connectivity index (χ0v) is 15.3. The van der Waals surface area contributed by atoms with E-state index in [1.807, 2.05) is 36.0 Å². The molecule has 1 unspecified atom stereocenters. The normalized spacial score (nSPS) is 16.6.